The van der Waals surface area contributed by atoms with E-state index in [1.54, 1.807) is 6.20 Å². The summed E-state index contributed by atoms with van der Waals surface area (Å²) in [5.74, 6) is 0.853. The van der Waals surface area contributed by atoms with Crippen LogP contribution in [0.25, 0.3) is 11.3 Å². The number of nitrogen functional groups attached to an aromatic ring is 1. The molecular formula is C15H20N4. The lowest BCUT2D eigenvalue weighted by atomic mass is 9.87. The third kappa shape index (κ3) is 2.35. The monoisotopic (exact) mass is 256 g/mol. The van der Waals surface area contributed by atoms with Gasteiger partial charge in [-0.05, 0) is 37.7 Å². The topological polar surface area (TPSA) is 56.7 Å². The van der Waals surface area contributed by atoms with Gasteiger partial charge in [0.15, 0.2) is 0 Å². The van der Waals surface area contributed by atoms with E-state index in [9.17, 15) is 0 Å². The van der Waals surface area contributed by atoms with Gasteiger partial charge in [-0.3, -0.25) is 4.98 Å². The molecule has 2 N–H and O–H groups in total. The summed E-state index contributed by atoms with van der Waals surface area (Å²) >= 11 is 0. The van der Waals surface area contributed by atoms with Crippen LogP contribution in [0.15, 0.2) is 31.0 Å². The lowest BCUT2D eigenvalue weighted by Crippen LogP contribution is -2.17. The Morgan fingerprint density at radius 2 is 1.95 bits per heavy atom. The fraction of sp³-hybridized carbons (Fsp3) is 0.467. The van der Waals surface area contributed by atoms with E-state index in [0.717, 1.165) is 22.9 Å². The summed E-state index contributed by atoms with van der Waals surface area (Å²) < 4.78 is 2.28. The summed E-state index contributed by atoms with van der Waals surface area (Å²) in [7, 11) is 0. The van der Waals surface area contributed by atoms with Crippen molar-refractivity contribution < 1.29 is 0 Å². The van der Waals surface area contributed by atoms with Gasteiger partial charge in [-0.2, -0.15) is 0 Å². The van der Waals surface area contributed by atoms with E-state index in [4.69, 9.17) is 5.73 Å². The SMILES string of the molecule is CC1CCC(n2cncc2-c2cnccc2N)CC1. The molecule has 19 heavy (non-hydrogen) atoms. The first-order valence-corrected chi connectivity index (χ1v) is 6.97. The molecule has 1 aliphatic carbocycles. The molecular weight excluding hydrogens is 236 g/mol. The number of anilines is 1. The molecule has 0 atom stereocenters. The largest absolute Gasteiger partial charge is 0.398 e. The van der Waals surface area contributed by atoms with Crippen LogP contribution in [0.5, 0.6) is 0 Å². The van der Waals surface area contributed by atoms with E-state index in [1.807, 2.05) is 24.8 Å². The molecule has 1 saturated carbocycles. The molecule has 2 aromatic heterocycles. The third-order valence-electron chi connectivity index (χ3n) is 4.18. The summed E-state index contributed by atoms with van der Waals surface area (Å²) in [6.45, 7) is 2.34. The smallest absolute Gasteiger partial charge is 0.0953 e. The van der Waals surface area contributed by atoms with Crippen molar-refractivity contribution in [3.8, 4) is 11.3 Å². The molecule has 0 saturated heterocycles. The van der Waals surface area contributed by atoms with E-state index < -0.39 is 0 Å². The maximum Gasteiger partial charge on any atom is 0.0953 e. The second kappa shape index (κ2) is 5.03. The number of hydrogen-bond donors (Lipinski definition) is 1. The normalized spacial score (nSPS) is 23.4. The van der Waals surface area contributed by atoms with Crippen LogP contribution in [-0.4, -0.2) is 14.5 Å². The summed E-state index contributed by atoms with van der Waals surface area (Å²) in [4.78, 5) is 8.49. The predicted molar refractivity (Wildman–Crippen MR) is 76.5 cm³/mol. The average molecular weight is 256 g/mol. The highest BCUT2D eigenvalue weighted by atomic mass is 15.1. The number of rotatable bonds is 2. The zero-order valence-corrected chi connectivity index (χ0v) is 11.3. The van der Waals surface area contributed by atoms with Crippen LogP contribution in [0.2, 0.25) is 0 Å². The van der Waals surface area contributed by atoms with E-state index in [0.29, 0.717) is 6.04 Å². The number of nitrogens with zero attached hydrogens (tertiary/aromatic N) is 3. The molecule has 100 valence electrons. The molecule has 0 bridgehead atoms. The Balaban J connectivity index is 1.93. The molecule has 0 aliphatic heterocycles. The van der Waals surface area contributed by atoms with Gasteiger partial charge in [-0.15, -0.1) is 0 Å². The van der Waals surface area contributed by atoms with Crippen molar-refractivity contribution in [3.63, 3.8) is 0 Å². The minimum atomic E-state index is 0.549. The van der Waals surface area contributed by atoms with Crippen LogP contribution in [0.1, 0.15) is 38.6 Å². The Bertz CT molecular complexity index is 553. The zero-order chi connectivity index (χ0) is 13.2. The van der Waals surface area contributed by atoms with Crippen LogP contribution in [0.4, 0.5) is 5.69 Å². The highest BCUT2D eigenvalue weighted by Crippen LogP contribution is 2.35. The second-order valence-electron chi connectivity index (χ2n) is 5.56. The third-order valence-corrected chi connectivity index (χ3v) is 4.18. The van der Waals surface area contributed by atoms with Crippen LogP contribution in [0.3, 0.4) is 0 Å². The number of pyridine rings is 1. The van der Waals surface area contributed by atoms with Crippen molar-refractivity contribution in [2.75, 3.05) is 5.73 Å². The van der Waals surface area contributed by atoms with Crippen molar-refractivity contribution in [1.82, 2.24) is 14.5 Å². The fourth-order valence-electron chi connectivity index (χ4n) is 2.94. The summed E-state index contributed by atoms with van der Waals surface area (Å²) in [6, 6.07) is 2.39. The highest BCUT2D eigenvalue weighted by molar-refractivity contribution is 5.72. The van der Waals surface area contributed by atoms with Crippen LogP contribution in [-0.2, 0) is 0 Å². The quantitative estimate of drug-likeness (QED) is 0.897. The Hall–Kier alpha value is -1.84. The van der Waals surface area contributed by atoms with E-state index in [1.165, 1.54) is 25.7 Å². The van der Waals surface area contributed by atoms with Crippen molar-refractivity contribution in [2.45, 2.75) is 38.6 Å². The summed E-state index contributed by atoms with van der Waals surface area (Å²) in [5, 5.41) is 0. The molecule has 2 heterocycles. The van der Waals surface area contributed by atoms with Gasteiger partial charge in [0, 0.05) is 29.7 Å². The molecule has 0 spiro atoms. The molecule has 1 aliphatic rings. The minimum absolute atomic E-state index is 0.549. The molecule has 0 unspecified atom stereocenters. The molecule has 2 aromatic rings. The molecule has 0 amide bonds. The Kier molecular flexibility index (Phi) is 3.23. The van der Waals surface area contributed by atoms with Crippen molar-refractivity contribution >= 4 is 5.69 Å². The van der Waals surface area contributed by atoms with E-state index >= 15 is 0 Å². The van der Waals surface area contributed by atoms with Crippen molar-refractivity contribution in [3.05, 3.63) is 31.0 Å². The van der Waals surface area contributed by atoms with Gasteiger partial charge in [0.2, 0.25) is 0 Å². The predicted octanol–water partition coefficient (Wildman–Crippen LogP) is 3.28. The number of hydrogen-bond acceptors (Lipinski definition) is 3. The Labute approximate surface area is 113 Å². The summed E-state index contributed by atoms with van der Waals surface area (Å²) in [5.41, 5.74) is 8.89. The first kappa shape index (κ1) is 12.2. The molecule has 0 radical (unpaired) electrons. The van der Waals surface area contributed by atoms with Crippen LogP contribution in [0, 0.1) is 5.92 Å². The minimum Gasteiger partial charge on any atom is -0.398 e. The lowest BCUT2D eigenvalue weighted by Gasteiger charge is -2.28. The van der Waals surface area contributed by atoms with Gasteiger partial charge in [-0.1, -0.05) is 6.92 Å². The molecule has 3 rings (SSSR count). The van der Waals surface area contributed by atoms with Crippen LogP contribution < -0.4 is 5.73 Å². The zero-order valence-electron chi connectivity index (χ0n) is 11.3. The maximum absolute atomic E-state index is 6.05. The number of aromatic nitrogens is 3. The molecule has 4 heteroatoms. The first-order valence-electron chi connectivity index (χ1n) is 6.97. The van der Waals surface area contributed by atoms with Crippen molar-refractivity contribution in [2.24, 2.45) is 5.92 Å². The number of nitrogens with two attached hydrogens (primary N) is 1. The Morgan fingerprint density at radius 3 is 2.68 bits per heavy atom. The molecule has 1 fully saturated rings. The van der Waals surface area contributed by atoms with Crippen molar-refractivity contribution in [1.29, 1.82) is 0 Å². The highest BCUT2D eigenvalue weighted by Gasteiger charge is 2.22. The molecule has 4 nitrogen and oxygen atoms in total. The van der Waals surface area contributed by atoms with Gasteiger partial charge >= 0.3 is 0 Å². The standard InChI is InChI=1S/C15H20N4/c1-11-2-4-12(5-3-11)19-10-18-9-15(19)13-8-17-7-6-14(13)16/h6-12H,2-5H2,1H3,(H2,16,17). The second-order valence-corrected chi connectivity index (χ2v) is 5.56. The maximum atomic E-state index is 6.05. The van der Waals surface area contributed by atoms with Gasteiger partial charge in [0.25, 0.3) is 0 Å². The van der Waals surface area contributed by atoms with Gasteiger partial charge < -0.3 is 10.3 Å². The average Bonchev–Trinajstić information content (AvgIpc) is 2.89. The van der Waals surface area contributed by atoms with E-state index in [2.05, 4.69) is 21.5 Å². The first-order chi connectivity index (χ1) is 9.25. The summed E-state index contributed by atoms with van der Waals surface area (Å²) in [6.07, 6.45) is 12.4. The van der Waals surface area contributed by atoms with Gasteiger partial charge in [0.05, 0.1) is 18.2 Å². The molecule has 0 aromatic carbocycles. The lowest BCUT2D eigenvalue weighted by molar-refractivity contribution is 0.291. The van der Waals surface area contributed by atoms with E-state index in [-0.39, 0.29) is 0 Å². The fourth-order valence-corrected chi connectivity index (χ4v) is 2.94. The van der Waals surface area contributed by atoms with Gasteiger partial charge in [-0.25, -0.2) is 4.98 Å². The van der Waals surface area contributed by atoms with Crippen LogP contribution >= 0.6 is 0 Å². The Morgan fingerprint density at radius 1 is 1.16 bits per heavy atom. The number of imidazole rings is 1. The van der Waals surface area contributed by atoms with Gasteiger partial charge in [0.1, 0.15) is 0 Å².